The Morgan fingerprint density at radius 2 is 1.59 bits per heavy atom. The number of pyridine rings is 1. The normalized spacial score (nSPS) is 11.0. The van der Waals surface area contributed by atoms with E-state index in [-0.39, 0.29) is 39.3 Å². The highest BCUT2D eigenvalue weighted by Gasteiger charge is 2.26. The van der Waals surface area contributed by atoms with Crippen LogP contribution in [-0.4, -0.2) is 10.2 Å². The number of aromatic hydroxyl groups is 2. The summed E-state index contributed by atoms with van der Waals surface area (Å²) in [5.74, 6) is -1.07. The highest BCUT2D eigenvalue weighted by Crippen LogP contribution is 2.41. The number of benzene rings is 2. The minimum Gasteiger partial charge on any atom is -0.871 e. The maximum Gasteiger partial charge on any atom is 0.343 e. The number of para-hydroxylation sites is 1. The van der Waals surface area contributed by atoms with Gasteiger partial charge < -0.3 is 19.7 Å². The van der Waals surface area contributed by atoms with Crippen molar-refractivity contribution in [2.24, 2.45) is 0 Å². The van der Waals surface area contributed by atoms with Crippen molar-refractivity contribution in [1.82, 2.24) is 0 Å². The quantitative estimate of drug-likeness (QED) is 0.325. The van der Waals surface area contributed by atoms with Crippen LogP contribution < -0.4 is 15.3 Å². The molecule has 134 valence electrons. The highest BCUT2D eigenvalue weighted by atomic mass is 16.4. The first-order valence-electron chi connectivity index (χ1n) is 8.24. The topological polar surface area (TPSA) is 97.6 Å². The van der Waals surface area contributed by atoms with Gasteiger partial charge in [-0.3, -0.25) is 0 Å². The van der Waals surface area contributed by atoms with Crippen LogP contribution >= 0.6 is 0 Å². The van der Waals surface area contributed by atoms with E-state index in [1.54, 1.807) is 42.7 Å². The van der Waals surface area contributed by atoms with Crippen LogP contribution in [0.4, 0.5) is 0 Å². The van der Waals surface area contributed by atoms with Gasteiger partial charge in [-0.15, -0.1) is 0 Å². The second kappa shape index (κ2) is 6.17. The zero-order valence-electron chi connectivity index (χ0n) is 14.3. The summed E-state index contributed by atoms with van der Waals surface area (Å²) in [5.41, 5.74) is -0.00983. The fraction of sp³-hybridized carbons (Fsp3) is 0.0476. The van der Waals surface area contributed by atoms with Gasteiger partial charge in [0.25, 0.3) is 5.69 Å². The van der Waals surface area contributed by atoms with E-state index in [1.165, 1.54) is 22.8 Å². The third-order valence-corrected chi connectivity index (χ3v) is 4.40. The summed E-state index contributed by atoms with van der Waals surface area (Å²) in [6.45, 7) is 1.90. The molecule has 0 atom stereocenters. The number of nitrogens with zero attached hydrogens (tertiary/aromatic N) is 1. The van der Waals surface area contributed by atoms with Crippen molar-refractivity contribution < 1.29 is 24.3 Å². The maximum atomic E-state index is 13.0. The molecule has 6 nitrogen and oxygen atoms in total. The molecular weight excluding hydrogens is 346 g/mol. The van der Waals surface area contributed by atoms with Gasteiger partial charge in [0.1, 0.15) is 16.9 Å². The van der Waals surface area contributed by atoms with Crippen LogP contribution in [0, 0.1) is 6.92 Å². The molecule has 2 aromatic heterocycles. The molecule has 0 unspecified atom stereocenters. The molecule has 6 heteroatoms. The molecule has 0 aliphatic heterocycles. The monoisotopic (exact) mass is 361 g/mol. The lowest BCUT2D eigenvalue weighted by Crippen LogP contribution is -2.31. The van der Waals surface area contributed by atoms with Gasteiger partial charge in [0.2, 0.25) is 0 Å². The van der Waals surface area contributed by atoms with E-state index in [4.69, 9.17) is 4.42 Å². The predicted molar refractivity (Wildman–Crippen MR) is 97.0 cm³/mol. The number of hydrogen-bond donors (Lipinski definition) is 2. The first-order valence-corrected chi connectivity index (χ1v) is 8.24. The molecule has 0 bridgehead atoms. The van der Waals surface area contributed by atoms with Crippen LogP contribution in [0.1, 0.15) is 5.56 Å². The molecule has 4 aromatic rings. The summed E-state index contributed by atoms with van der Waals surface area (Å²) < 4.78 is 6.81. The molecular formula is C21H15NO5. The SMILES string of the molecule is Cc1cc[n+](-c2c(O)ccc(O)c2-c2c([O-])c3ccccc3oc2=O)cc1. The van der Waals surface area contributed by atoms with E-state index in [2.05, 4.69) is 0 Å². The summed E-state index contributed by atoms with van der Waals surface area (Å²) in [6.07, 6.45) is 3.33. The van der Waals surface area contributed by atoms with Gasteiger partial charge in [-0.1, -0.05) is 23.9 Å². The van der Waals surface area contributed by atoms with Gasteiger partial charge in [0, 0.05) is 17.5 Å². The molecule has 0 saturated carbocycles. The van der Waals surface area contributed by atoms with Crippen molar-refractivity contribution in [3.8, 4) is 34.1 Å². The molecule has 0 radical (unpaired) electrons. The maximum absolute atomic E-state index is 13.0. The molecule has 0 spiro atoms. The number of hydrogen-bond acceptors (Lipinski definition) is 5. The van der Waals surface area contributed by atoms with Crippen molar-refractivity contribution in [2.45, 2.75) is 6.92 Å². The van der Waals surface area contributed by atoms with E-state index in [0.717, 1.165) is 5.56 Å². The van der Waals surface area contributed by atoms with Crippen molar-refractivity contribution in [3.63, 3.8) is 0 Å². The van der Waals surface area contributed by atoms with Gasteiger partial charge >= 0.3 is 5.63 Å². The van der Waals surface area contributed by atoms with Gasteiger partial charge in [0.15, 0.2) is 18.1 Å². The molecule has 2 aromatic carbocycles. The lowest BCUT2D eigenvalue weighted by molar-refractivity contribution is -0.595. The lowest BCUT2D eigenvalue weighted by atomic mass is 10.0. The van der Waals surface area contributed by atoms with Crippen LogP contribution in [0.25, 0.3) is 27.8 Å². The fourth-order valence-corrected chi connectivity index (χ4v) is 3.06. The van der Waals surface area contributed by atoms with Gasteiger partial charge in [0.05, 0.1) is 5.56 Å². The van der Waals surface area contributed by atoms with E-state index in [0.29, 0.717) is 0 Å². The van der Waals surface area contributed by atoms with Gasteiger partial charge in [-0.05, 0) is 30.7 Å². The van der Waals surface area contributed by atoms with Crippen LogP contribution in [0.5, 0.6) is 17.2 Å². The highest BCUT2D eigenvalue weighted by molar-refractivity contribution is 5.93. The Hall–Kier alpha value is -3.80. The molecule has 0 aliphatic carbocycles. The molecule has 27 heavy (non-hydrogen) atoms. The molecule has 0 saturated heterocycles. The second-order valence-corrected chi connectivity index (χ2v) is 6.20. The zero-order chi connectivity index (χ0) is 19.1. The summed E-state index contributed by atoms with van der Waals surface area (Å²) in [4.78, 5) is 12.6. The Balaban J connectivity index is 2.12. The first-order chi connectivity index (χ1) is 13.0. The molecule has 0 amide bonds. The number of aromatic nitrogens is 1. The molecule has 2 heterocycles. The molecule has 2 N–H and O–H groups in total. The van der Waals surface area contributed by atoms with E-state index >= 15 is 0 Å². The minimum atomic E-state index is -0.881. The summed E-state index contributed by atoms with van der Waals surface area (Å²) in [5, 5.41) is 34.1. The number of fused-ring (bicyclic) bond motifs is 1. The first kappa shape index (κ1) is 16.7. The van der Waals surface area contributed by atoms with E-state index < -0.39 is 11.4 Å². The lowest BCUT2D eigenvalue weighted by Gasteiger charge is -2.16. The van der Waals surface area contributed by atoms with Crippen molar-refractivity contribution in [2.75, 3.05) is 0 Å². The van der Waals surface area contributed by atoms with Gasteiger partial charge in [-0.2, -0.15) is 4.57 Å². The minimum absolute atomic E-state index is 0.0756. The number of aryl methyl sites for hydroxylation is 1. The average molecular weight is 361 g/mol. The Morgan fingerprint density at radius 3 is 2.33 bits per heavy atom. The van der Waals surface area contributed by atoms with E-state index in [9.17, 15) is 20.1 Å². The van der Waals surface area contributed by atoms with Gasteiger partial charge in [-0.25, -0.2) is 4.79 Å². The fourth-order valence-electron chi connectivity index (χ4n) is 3.06. The smallest absolute Gasteiger partial charge is 0.343 e. The zero-order valence-corrected chi connectivity index (χ0v) is 14.3. The molecule has 0 aliphatic rings. The van der Waals surface area contributed by atoms with Crippen molar-refractivity contribution in [3.05, 3.63) is 76.9 Å². The van der Waals surface area contributed by atoms with Crippen LogP contribution in [0.2, 0.25) is 0 Å². The average Bonchev–Trinajstić information content (AvgIpc) is 2.65. The summed E-state index contributed by atoms with van der Waals surface area (Å²) in [6, 6.07) is 12.5. The third kappa shape index (κ3) is 2.67. The van der Waals surface area contributed by atoms with Crippen molar-refractivity contribution in [1.29, 1.82) is 0 Å². The second-order valence-electron chi connectivity index (χ2n) is 6.20. The number of rotatable bonds is 2. The Bertz CT molecular complexity index is 1230. The summed E-state index contributed by atoms with van der Waals surface area (Å²) >= 11 is 0. The van der Waals surface area contributed by atoms with Crippen molar-refractivity contribution >= 4 is 11.0 Å². The predicted octanol–water partition coefficient (Wildman–Crippen LogP) is 2.53. The number of phenols is 2. The van der Waals surface area contributed by atoms with Crippen LogP contribution in [0.15, 0.2) is 70.1 Å². The Morgan fingerprint density at radius 1 is 0.926 bits per heavy atom. The summed E-state index contributed by atoms with van der Waals surface area (Å²) in [7, 11) is 0. The standard InChI is InChI=1S/C21H15NO5/c1-12-8-10-22(11-9-12)19-15(24)7-6-14(23)17(19)18-20(25)13-4-2-3-5-16(13)27-21(18)26/h2-11H,1H3,(H2-,23,24,25,26). The molecule has 0 fully saturated rings. The Kier molecular flexibility index (Phi) is 3.81. The largest absolute Gasteiger partial charge is 0.871 e. The Labute approximate surface area is 153 Å². The van der Waals surface area contributed by atoms with E-state index in [1.807, 2.05) is 6.92 Å². The van der Waals surface area contributed by atoms with Crippen LogP contribution in [0.3, 0.4) is 0 Å². The molecule has 4 rings (SSSR count). The van der Waals surface area contributed by atoms with Crippen LogP contribution in [-0.2, 0) is 0 Å². The number of phenolic OH excluding ortho intramolecular Hbond substituents is 2. The third-order valence-electron chi connectivity index (χ3n) is 4.40.